The Hall–Kier alpha value is -1.72. The van der Waals surface area contributed by atoms with E-state index in [4.69, 9.17) is 4.74 Å². The van der Waals surface area contributed by atoms with E-state index in [-0.39, 0.29) is 12.1 Å². The van der Waals surface area contributed by atoms with Crippen LogP contribution in [0.15, 0.2) is 17.6 Å². The third-order valence-corrected chi connectivity index (χ3v) is 3.47. The first kappa shape index (κ1) is 19.3. The van der Waals surface area contributed by atoms with E-state index in [1.807, 2.05) is 32.6 Å². The van der Waals surface area contributed by atoms with Crippen LogP contribution in [0.2, 0.25) is 0 Å². The molecule has 1 fully saturated rings. The van der Waals surface area contributed by atoms with E-state index in [1.54, 1.807) is 6.08 Å². The Bertz CT molecular complexity index is 415. The van der Waals surface area contributed by atoms with Crippen molar-refractivity contribution in [2.24, 2.45) is 4.99 Å². The van der Waals surface area contributed by atoms with Gasteiger partial charge in [-0.05, 0) is 47.0 Å². The number of carbonyl (C=O) groups is 1. The second-order valence-electron chi connectivity index (χ2n) is 6.71. The molecule has 1 aliphatic rings. The van der Waals surface area contributed by atoms with Crippen molar-refractivity contribution in [3.8, 4) is 0 Å². The summed E-state index contributed by atoms with van der Waals surface area (Å²) in [6.45, 7) is 14.2. The van der Waals surface area contributed by atoms with Gasteiger partial charge in [0, 0.05) is 19.6 Å². The first-order chi connectivity index (χ1) is 10.9. The van der Waals surface area contributed by atoms with Gasteiger partial charge in [-0.25, -0.2) is 4.79 Å². The molecule has 0 bridgehead atoms. The minimum atomic E-state index is -0.469. The molecule has 0 aromatic carbocycles. The number of ether oxygens (including phenoxy) is 1. The molecule has 1 aliphatic heterocycles. The zero-order valence-corrected chi connectivity index (χ0v) is 15.0. The standard InChI is InChI=1S/C17H32N4O2/c1-6-11-19-15(18-7-2)20-13-14-10-8-9-12-21(14)16(22)23-17(3,4)5/h6,14H,1,7-13H2,2-5H3,(H2,18,19,20). The van der Waals surface area contributed by atoms with E-state index in [2.05, 4.69) is 22.2 Å². The lowest BCUT2D eigenvalue weighted by Gasteiger charge is -2.36. The van der Waals surface area contributed by atoms with Crippen molar-refractivity contribution in [2.45, 2.75) is 58.6 Å². The van der Waals surface area contributed by atoms with Crippen molar-refractivity contribution in [1.82, 2.24) is 15.5 Å². The van der Waals surface area contributed by atoms with E-state index in [0.717, 1.165) is 38.3 Å². The number of aliphatic imine (C=N–C) groups is 1. The van der Waals surface area contributed by atoms with Crippen molar-refractivity contribution < 1.29 is 9.53 Å². The molecule has 2 N–H and O–H groups in total. The highest BCUT2D eigenvalue weighted by Crippen LogP contribution is 2.20. The van der Waals surface area contributed by atoms with Crippen LogP contribution in [0.25, 0.3) is 0 Å². The van der Waals surface area contributed by atoms with Crippen LogP contribution in [0.1, 0.15) is 47.0 Å². The van der Waals surface area contributed by atoms with Crippen LogP contribution in [0.3, 0.4) is 0 Å². The maximum Gasteiger partial charge on any atom is 0.410 e. The van der Waals surface area contributed by atoms with Gasteiger partial charge in [0.25, 0.3) is 0 Å². The number of rotatable bonds is 5. The molecular formula is C17H32N4O2. The van der Waals surface area contributed by atoms with E-state index >= 15 is 0 Å². The average Bonchev–Trinajstić information content (AvgIpc) is 2.48. The molecule has 1 atom stereocenters. The lowest BCUT2D eigenvalue weighted by Crippen LogP contribution is -2.48. The first-order valence-corrected chi connectivity index (χ1v) is 8.50. The van der Waals surface area contributed by atoms with Crippen molar-refractivity contribution in [3.63, 3.8) is 0 Å². The number of nitrogens with zero attached hydrogens (tertiary/aromatic N) is 2. The maximum atomic E-state index is 12.4. The zero-order valence-electron chi connectivity index (χ0n) is 15.0. The average molecular weight is 324 g/mol. The van der Waals surface area contributed by atoms with Crippen LogP contribution in [0.5, 0.6) is 0 Å². The molecule has 1 rings (SSSR count). The third-order valence-electron chi connectivity index (χ3n) is 3.47. The van der Waals surface area contributed by atoms with E-state index < -0.39 is 5.60 Å². The molecule has 1 unspecified atom stereocenters. The highest BCUT2D eigenvalue weighted by Gasteiger charge is 2.30. The second-order valence-corrected chi connectivity index (χ2v) is 6.71. The summed E-state index contributed by atoms with van der Waals surface area (Å²) in [6.07, 6.45) is 4.66. The summed E-state index contributed by atoms with van der Waals surface area (Å²) in [7, 11) is 0. The van der Waals surface area contributed by atoms with Gasteiger partial charge in [0.05, 0.1) is 12.6 Å². The molecule has 0 saturated carbocycles. The summed E-state index contributed by atoms with van der Waals surface area (Å²) in [4.78, 5) is 18.8. The summed E-state index contributed by atoms with van der Waals surface area (Å²) in [5.41, 5.74) is -0.469. The fourth-order valence-corrected chi connectivity index (χ4v) is 2.46. The van der Waals surface area contributed by atoms with E-state index in [0.29, 0.717) is 13.1 Å². The lowest BCUT2D eigenvalue weighted by atomic mass is 10.0. The smallest absolute Gasteiger partial charge is 0.410 e. The van der Waals surface area contributed by atoms with Gasteiger partial charge >= 0.3 is 6.09 Å². The summed E-state index contributed by atoms with van der Waals surface area (Å²) in [5.74, 6) is 0.752. The predicted octanol–water partition coefficient (Wildman–Crippen LogP) is 2.52. The van der Waals surface area contributed by atoms with Crippen LogP contribution in [0.4, 0.5) is 4.79 Å². The number of amides is 1. The Kier molecular flexibility index (Phi) is 7.92. The summed E-state index contributed by atoms with van der Waals surface area (Å²) >= 11 is 0. The molecule has 1 heterocycles. The largest absolute Gasteiger partial charge is 0.444 e. The molecule has 0 radical (unpaired) electrons. The number of piperidine rings is 1. The number of guanidine groups is 1. The fraction of sp³-hybridized carbons (Fsp3) is 0.765. The molecule has 6 nitrogen and oxygen atoms in total. The third kappa shape index (κ3) is 7.39. The summed E-state index contributed by atoms with van der Waals surface area (Å²) in [6, 6.07) is 0.0952. The van der Waals surface area contributed by atoms with Gasteiger partial charge in [0.2, 0.25) is 0 Å². The Morgan fingerprint density at radius 3 is 2.74 bits per heavy atom. The van der Waals surface area contributed by atoms with Crippen molar-refractivity contribution in [3.05, 3.63) is 12.7 Å². The molecule has 23 heavy (non-hydrogen) atoms. The normalized spacial score (nSPS) is 19.2. The topological polar surface area (TPSA) is 66.0 Å². The number of carbonyl (C=O) groups excluding carboxylic acids is 1. The number of nitrogens with one attached hydrogen (secondary N) is 2. The summed E-state index contributed by atoms with van der Waals surface area (Å²) in [5, 5.41) is 6.37. The van der Waals surface area contributed by atoms with Gasteiger partial charge in [-0.2, -0.15) is 0 Å². The predicted molar refractivity (Wildman–Crippen MR) is 94.8 cm³/mol. The Labute approximate surface area is 140 Å². The fourth-order valence-electron chi connectivity index (χ4n) is 2.46. The van der Waals surface area contributed by atoms with Crippen LogP contribution in [-0.4, -0.2) is 54.8 Å². The van der Waals surface area contributed by atoms with Gasteiger partial charge in [-0.15, -0.1) is 6.58 Å². The molecule has 0 spiro atoms. The van der Waals surface area contributed by atoms with Crippen LogP contribution >= 0.6 is 0 Å². The number of likely N-dealkylation sites (tertiary alicyclic amines) is 1. The Morgan fingerprint density at radius 2 is 2.13 bits per heavy atom. The molecule has 1 saturated heterocycles. The van der Waals surface area contributed by atoms with Crippen molar-refractivity contribution in [1.29, 1.82) is 0 Å². The second kappa shape index (κ2) is 9.43. The minimum absolute atomic E-state index is 0.0952. The Balaban J connectivity index is 2.69. The molecule has 6 heteroatoms. The van der Waals surface area contributed by atoms with Gasteiger partial charge in [0.1, 0.15) is 5.60 Å². The Morgan fingerprint density at radius 1 is 1.39 bits per heavy atom. The summed E-state index contributed by atoms with van der Waals surface area (Å²) < 4.78 is 5.52. The quantitative estimate of drug-likeness (QED) is 0.463. The highest BCUT2D eigenvalue weighted by atomic mass is 16.6. The van der Waals surface area contributed by atoms with E-state index in [1.165, 1.54) is 0 Å². The monoisotopic (exact) mass is 324 g/mol. The minimum Gasteiger partial charge on any atom is -0.444 e. The highest BCUT2D eigenvalue weighted by molar-refractivity contribution is 5.80. The molecular weight excluding hydrogens is 292 g/mol. The van der Waals surface area contributed by atoms with Crippen molar-refractivity contribution >= 4 is 12.1 Å². The molecule has 1 amide bonds. The molecule has 0 aromatic rings. The van der Waals surface area contributed by atoms with Crippen LogP contribution < -0.4 is 10.6 Å². The lowest BCUT2D eigenvalue weighted by molar-refractivity contribution is 0.0110. The zero-order chi connectivity index (χ0) is 17.3. The molecule has 0 aliphatic carbocycles. The number of hydrogen-bond acceptors (Lipinski definition) is 3. The number of hydrogen-bond donors (Lipinski definition) is 2. The van der Waals surface area contributed by atoms with Crippen LogP contribution in [-0.2, 0) is 4.74 Å². The maximum absolute atomic E-state index is 12.4. The molecule has 132 valence electrons. The SMILES string of the molecule is C=CCNC(=NCC1CCCCN1C(=O)OC(C)(C)C)NCC. The first-order valence-electron chi connectivity index (χ1n) is 8.50. The van der Waals surface area contributed by atoms with Crippen LogP contribution in [0, 0.1) is 0 Å². The van der Waals surface area contributed by atoms with Gasteiger partial charge in [-0.1, -0.05) is 6.08 Å². The van der Waals surface area contributed by atoms with Gasteiger partial charge < -0.3 is 20.3 Å². The van der Waals surface area contributed by atoms with Gasteiger partial charge in [0.15, 0.2) is 5.96 Å². The van der Waals surface area contributed by atoms with Crippen molar-refractivity contribution in [2.75, 3.05) is 26.2 Å². The van der Waals surface area contributed by atoms with E-state index in [9.17, 15) is 4.79 Å². The molecule has 0 aromatic heterocycles. The van der Waals surface area contributed by atoms with Gasteiger partial charge in [-0.3, -0.25) is 4.99 Å².